The molecule has 1 saturated heterocycles. The number of morpholine rings is 1. The van der Waals surface area contributed by atoms with E-state index < -0.39 is 0 Å². The van der Waals surface area contributed by atoms with Gasteiger partial charge in [-0.2, -0.15) is 0 Å². The Hall–Kier alpha value is -2.22. The molecular formula is C19H24N4O2S. The molecule has 6 nitrogen and oxygen atoms in total. The lowest BCUT2D eigenvalue weighted by Crippen LogP contribution is -2.36. The van der Waals surface area contributed by atoms with Crippen molar-refractivity contribution in [1.29, 1.82) is 0 Å². The van der Waals surface area contributed by atoms with Crippen LogP contribution >= 0.6 is 12.2 Å². The molecule has 0 unspecified atom stereocenters. The third kappa shape index (κ3) is 5.14. The number of pyridine rings is 1. The first-order chi connectivity index (χ1) is 12.8. The van der Waals surface area contributed by atoms with Gasteiger partial charge in [-0.1, -0.05) is 24.3 Å². The van der Waals surface area contributed by atoms with Gasteiger partial charge in [0.05, 0.1) is 20.3 Å². The Morgan fingerprint density at radius 2 is 1.96 bits per heavy atom. The lowest BCUT2D eigenvalue weighted by atomic mass is 10.1. The molecule has 3 rings (SSSR count). The summed E-state index contributed by atoms with van der Waals surface area (Å²) in [7, 11) is 1.61. The number of anilines is 1. The number of benzene rings is 1. The summed E-state index contributed by atoms with van der Waals surface area (Å²) < 4.78 is 10.7. The van der Waals surface area contributed by atoms with E-state index in [2.05, 4.69) is 44.8 Å². The molecule has 0 aliphatic carbocycles. The second-order valence-electron chi connectivity index (χ2n) is 6.02. The Morgan fingerprint density at radius 1 is 1.19 bits per heavy atom. The maximum atomic E-state index is 5.43. The Kier molecular flexibility index (Phi) is 6.76. The molecule has 0 radical (unpaired) electrons. The van der Waals surface area contributed by atoms with E-state index in [0.29, 0.717) is 23.2 Å². The second kappa shape index (κ2) is 9.47. The quantitative estimate of drug-likeness (QED) is 0.755. The van der Waals surface area contributed by atoms with Crippen molar-refractivity contribution in [2.45, 2.75) is 13.1 Å². The van der Waals surface area contributed by atoms with Gasteiger partial charge in [0.15, 0.2) is 16.7 Å². The Labute approximate surface area is 159 Å². The van der Waals surface area contributed by atoms with E-state index in [-0.39, 0.29) is 0 Å². The van der Waals surface area contributed by atoms with E-state index in [9.17, 15) is 0 Å². The van der Waals surface area contributed by atoms with E-state index in [1.807, 2.05) is 12.1 Å². The van der Waals surface area contributed by atoms with Gasteiger partial charge in [-0.25, -0.2) is 4.98 Å². The first-order valence-corrected chi connectivity index (χ1v) is 9.08. The molecule has 7 heteroatoms. The zero-order valence-electron chi connectivity index (χ0n) is 14.9. The highest BCUT2D eigenvalue weighted by Crippen LogP contribution is 2.20. The number of hydrogen-bond acceptors (Lipinski definition) is 5. The van der Waals surface area contributed by atoms with Crippen molar-refractivity contribution in [3.05, 3.63) is 53.7 Å². The minimum Gasteiger partial charge on any atom is -0.493 e. The fourth-order valence-electron chi connectivity index (χ4n) is 2.86. The maximum absolute atomic E-state index is 5.43. The third-order valence-corrected chi connectivity index (χ3v) is 4.52. The van der Waals surface area contributed by atoms with Crippen molar-refractivity contribution in [2.24, 2.45) is 0 Å². The summed E-state index contributed by atoms with van der Waals surface area (Å²) in [4.78, 5) is 6.67. The van der Waals surface area contributed by atoms with E-state index >= 15 is 0 Å². The predicted molar refractivity (Wildman–Crippen MR) is 106 cm³/mol. The minimum absolute atomic E-state index is 0.517. The molecule has 0 spiro atoms. The zero-order valence-corrected chi connectivity index (χ0v) is 15.7. The van der Waals surface area contributed by atoms with Crippen molar-refractivity contribution in [3.63, 3.8) is 0 Å². The number of rotatable bonds is 6. The van der Waals surface area contributed by atoms with Crippen LogP contribution in [0.1, 0.15) is 11.1 Å². The molecule has 1 aliphatic heterocycles. The Balaban J connectivity index is 1.58. The molecule has 1 aromatic heterocycles. The van der Waals surface area contributed by atoms with Gasteiger partial charge in [0.25, 0.3) is 0 Å². The molecule has 0 saturated carbocycles. The molecular weight excluding hydrogens is 348 g/mol. The van der Waals surface area contributed by atoms with Crippen LogP contribution in [0.2, 0.25) is 0 Å². The van der Waals surface area contributed by atoms with Crippen LogP contribution in [0.5, 0.6) is 5.75 Å². The number of aromatic nitrogens is 1. The summed E-state index contributed by atoms with van der Waals surface area (Å²) in [5.74, 6) is 1.26. The van der Waals surface area contributed by atoms with Gasteiger partial charge in [0.1, 0.15) is 0 Å². The van der Waals surface area contributed by atoms with Crippen molar-refractivity contribution < 1.29 is 9.47 Å². The van der Waals surface area contributed by atoms with Crippen LogP contribution in [0.4, 0.5) is 5.82 Å². The summed E-state index contributed by atoms with van der Waals surface area (Å²) in [6, 6.07) is 12.1. The van der Waals surface area contributed by atoms with Crippen LogP contribution in [0.3, 0.4) is 0 Å². The first-order valence-electron chi connectivity index (χ1n) is 8.67. The highest BCUT2D eigenvalue weighted by molar-refractivity contribution is 7.80. The van der Waals surface area contributed by atoms with Crippen LogP contribution in [0, 0.1) is 0 Å². The molecule has 138 valence electrons. The average molecular weight is 372 g/mol. The monoisotopic (exact) mass is 372 g/mol. The summed E-state index contributed by atoms with van der Waals surface area (Å²) in [5, 5.41) is 6.86. The molecule has 0 bridgehead atoms. The normalized spacial score (nSPS) is 14.7. The molecule has 2 aromatic rings. The van der Waals surface area contributed by atoms with Gasteiger partial charge in [-0.05, 0) is 35.5 Å². The third-order valence-electron chi connectivity index (χ3n) is 4.28. The average Bonchev–Trinajstić information content (AvgIpc) is 2.68. The van der Waals surface area contributed by atoms with E-state index in [0.717, 1.165) is 32.8 Å². The smallest absolute Gasteiger partial charge is 0.174 e. The summed E-state index contributed by atoms with van der Waals surface area (Å²) in [6.45, 7) is 5.14. The molecule has 1 aliphatic rings. The lowest BCUT2D eigenvalue weighted by molar-refractivity contribution is 0.0341. The standard InChI is InChI=1S/C19H24N4O2S/c1-24-17-7-4-8-20-18(17)22-19(26)21-13-15-5-2-3-6-16(15)14-23-9-11-25-12-10-23/h2-8H,9-14H2,1H3,(H2,20,21,22,26). The van der Waals surface area contributed by atoms with Crippen molar-refractivity contribution >= 4 is 23.1 Å². The van der Waals surface area contributed by atoms with Gasteiger partial charge in [-0.15, -0.1) is 0 Å². The number of nitrogens with one attached hydrogen (secondary N) is 2. The van der Waals surface area contributed by atoms with Crippen LogP contribution in [0.15, 0.2) is 42.6 Å². The fraction of sp³-hybridized carbons (Fsp3) is 0.368. The number of thiocarbonyl (C=S) groups is 1. The number of nitrogens with zero attached hydrogens (tertiary/aromatic N) is 2. The predicted octanol–water partition coefficient (Wildman–Crippen LogP) is 2.41. The molecule has 0 amide bonds. The van der Waals surface area contributed by atoms with Gasteiger partial charge < -0.3 is 20.1 Å². The van der Waals surface area contributed by atoms with Crippen molar-refractivity contribution in [2.75, 3.05) is 38.7 Å². The van der Waals surface area contributed by atoms with Crippen molar-refractivity contribution in [3.8, 4) is 5.75 Å². The lowest BCUT2D eigenvalue weighted by Gasteiger charge is -2.27. The molecule has 1 aromatic carbocycles. The van der Waals surface area contributed by atoms with Gasteiger partial charge in [0, 0.05) is 32.4 Å². The summed E-state index contributed by atoms with van der Waals surface area (Å²) in [6.07, 6.45) is 1.70. The van der Waals surface area contributed by atoms with E-state index in [1.165, 1.54) is 11.1 Å². The van der Waals surface area contributed by atoms with Crippen LogP contribution < -0.4 is 15.4 Å². The van der Waals surface area contributed by atoms with Crippen molar-refractivity contribution in [1.82, 2.24) is 15.2 Å². The number of hydrogen-bond donors (Lipinski definition) is 2. The van der Waals surface area contributed by atoms with Crippen LogP contribution in [-0.4, -0.2) is 48.4 Å². The zero-order chi connectivity index (χ0) is 18.2. The van der Waals surface area contributed by atoms with E-state index in [1.54, 1.807) is 13.3 Å². The van der Waals surface area contributed by atoms with E-state index in [4.69, 9.17) is 21.7 Å². The van der Waals surface area contributed by atoms with Gasteiger partial charge in [-0.3, -0.25) is 4.90 Å². The number of methoxy groups -OCH3 is 1. The largest absolute Gasteiger partial charge is 0.493 e. The summed E-state index contributed by atoms with van der Waals surface area (Å²) >= 11 is 5.40. The molecule has 2 N–H and O–H groups in total. The Bertz CT molecular complexity index is 735. The maximum Gasteiger partial charge on any atom is 0.174 e. The second-order valence-corrected chi connectivity index (χ2v) is 6.43. The van der Waals surface area contributed by atoms with Crippen LogP contribution in [-0.2, 0) is 17.8 Å². The van der Waals surface area contributed by atoms with Crippen LogP contribution in [0.25, 0.3) is 0 Å². The fourth-order valence-corrected chi connectivity index (χ4v) is 3.03. The van der Waals surface area contributed by atoms with Gasteiger partial charge in [0.2, 0.25) is 0 Å². The number of ether oxygens (including phenoxy) is 2. The minimum atomic E-state index is 0.517. The Morgan fingerprint density at radius 3 is 2.73 bits per heavy atom. The van der Waals surface area contributed by atoms with Gasteiger partial charge >= 0.3 is 0 Å². The topological polar surface area (TPSA) is 58.7 Å². The highest BCUT2D eigenvalue weighted by atomic mass is 32.1. The summed E-state index contributed by atoms with van der Waals surface area (Å²) in [5.41, 5.74) is 2.54. The first kappa shape index (κ1) is 18.6. The molecule has 2 heterocycles. The highest BCUT2D eigenvalue weighted by Gasteiger charge is 2.13. The molecule has 0 atom stereocenters. The molecule has 1 fully saturated rings. The molecule has 26 heavy (non-hydrogen) atoms. The SMILES string of the molecule is COc1cccnc1NC(=S)NCc1ccccc1CN1CCOCC1.